The molecule has 0 saturated heterocycles. The number of ether oxygens (including phenoxy) is 1. The lowest BCUT2D eigenvalue weighted by molar-refractivity contribution is 0.105. The van der Waals surface area contributed by atoms with E-state index in [0.29, 0.717) is 24.2 Å². The van der Waals surface area contributed by atoms with Gasteiger partial charge < -0.3 is 24.9 Å². The van der Waals surface area contributed by atoms with Crippen LogP contribution in [0.5, 0.6) is 0 Å². The summed E-state index contributed by atoms with van der Waals surface area (Å²) in [5.41, 5.74) is 0.792. The van der Waals surface area contributed by atoms with Crippen LogP contribution in [0.15, 0.2) is 52.1 Å². The second-order valence-electron chi connectivity index (χ2n) is 5.70. The fraction of sp³-hybridized carbons (Fsp3) is 0.421. The molecule has 0 spiro atoms. The molecule has 1 unspecified atom stereocenters. The minimum atomic E-state index is -0.667. The van der Waals surface area contributed by atoms with Gasteiger partial charge in [0, 0.05) is 24.7 Å². The van der Waals surface area contributed by atoms with Gasteiger partial charge in [-0.15, -0.1) is 24.0 Å². The number of guanidine groups is 1. The van der Waals surface area contributed by atoms with Crippen molar-refractivity contribution in [2.75, 3.05) is 26.2 Å². The van der Waals surface area contributed by atoms with Crippen molar-refractivity contribution in [3.05, 3.63) is 59.0 Å². The third kappa shape index (κ3) is 9.46. The van der Waals surface area contributed by atoms with E-state index in [0.717, 1.165) is 30.8 Å². The highest BCUT2D eigenvalue weighted by atomic mass is 127. The fourth-order valence-electron chi connectivity index (χ4n) is 2.26. The lowest BCUT2D eigenvalue weighted by Gasteiger charge is -2.13. The van der Waals surface area contributed by atoms with Crippen molar-refractivity contribution in [2.45, 2.75) is 26.1 Å². The maximum absolute atomic E-state index is 10.2. The summed E-state index contributed by atoms with van der Waals surface area (Å²) in [6.07, 6.45) is 1.81. The third-order valence-electron chi connectivity index (χ3n) is 3.60. The second kappa shape index (κ2) is 13.8. The average Bonchev–Trinajstić information content (AvgIpc) is 3.16. The maximum atomic E-state index is 10.2. The number of nitrogens with one attached hydrogen (secondary N) is 2. The number of hydrogen-bond acceptors (Lipinski definition) is 4. The van der Waals surface area contributed by atoms with Gasteiger partial charge in [0.15, 0.2) is 5.96 Å². The molecule has 0 amide bonds. The Labute approximate surface area is 182 Å². The Kier molecular flexibility index (Phi) is 12.2. The first kappa shape index (κ1) is 23.7. The van der Waals surface area contributed by atoms with Crippen LogP contribution >= 0.6 is 35.6 Å². The number of rotatable bonds is 10. The zero-order valence-corrected chi connectivity index (χ0v) is 18.4. The van der Waals surface area contributed by atoms with Gasteiger partial charge >= 0.3 is 0 Å². The van der Waals surface area contributed by atoms with Gasteiger partial charge in [-0.25, -0.2) is 0 Å². The second-order valence-corrected chi connectivity index (χ2v) is 6.14. The first-order valence-electron chi connectivity index (χ1n) is 8.75. The Morgan fingerprint density at radius 3 is 2.70 bits per heavy atom. The minimum Gasteiger partial charge on any atom is -0.467 e. The molecule has 0 aliphatic heterocycles. The lowest BCUT2D eigenvalue weighted by atomic mass is 10.1. The number of benzene rings is 1. The highest BCUT2D eigenvalue weighted by molar-refractivity contribution is 14.0. The molecule has 1 aromatic carbocycles. The number of aliphatic imine (C=N–C) groups is 1. The van der Waals surface area contributed by atoms with Crippen LogP contribution in [0.2, 0.25) is 5.02 Å². The maximum Gasteiger partial charge on any atom is 0.191 e. The predicted octanol–water partition coefficient (Wildman–Crippen LogP) is 3.75. The van der Waals surface area contributed by atoms with Crippen LogP contribution in [0, 0.1) is 0 Å². The molecular weight excluding hydrogens is 481 g/mol. The molecule has 6 nitrogen and oxygen atoms in total. The van der Waals surface area contributed by atoms with Gasteiger partial charge in [0.2, 0.25) is 0 Å². The molecule has 0 radical (unpaired) electrons. The van der Waals surface area contributed by atoms with E-state index < -0.39 is 6.10 Å². The largest absolute Gasteiger partial charge is 0.467 e. The van der Waals surface area contributed by atoms with Crippen molar-refractivity contribution in [1.82, 2.24) is 10.6 Å². The Balaban J connectivity index is 0.00000364. The molecule has 0 aliphatic rings. The Bertz CT molecular complexity index is 651. The van der Waals surface area contributed by atoms with Gasteiger partial charge in [0.1, 0.15) is 12.4 Å². The van der Waals surface area contributed by atoms with Crippen LogP contribution in [0.3, 0.4) is 0 Å². The van der Waals surface area contributed by atoms with E-state index in [1.807, 2.05) is 19.1 Å². The molecule has 2 rings (SSSR count). The van der Waals surface area contributed by atoms with Gasteiger partial charge in [-0.3, -0.25) is 4.99 Å². The van der Waals surface area contributed by atoms with E-state index in [9.17, 15) is 5.11 Å². The summed E-state index contributed by atoms with van der Waals surface area (Å²) in [7, 11) is 0. The minimum absolute atomic E-state index is 0. The lowest BCUT2D eigenvalue weighted by Crippen LogP contribution is -2.38. The standard InChI is InChI=1S/C19H26ClN3O3.HI/c1-2-21-19(22-10-4-11-25-14-17-5-3-12-26-17)23-13-18(24)15-6-8-16(20)9-7-15;/h3,5-9,12,18,24H,2,4,10-11,13-14H2,1H3,(H2,21,22,23);1H. The summed E-state index contributed by atoms with van der Waals surface area (Å²) in [6.45, 7) is 4.85. The fourth-order valence-corrected chi connectivity index (χ4v) is 2.38. The van der Waals surface area contributed by atoms with Crippen LogP contribution in [-0.2, 0) is 11.3 Å². The summed E-state index contributed by atoms with van der Waals surface area (Å²) >= 11 is 5.86. The number of furan rings is 1. The SMILES string of the molecule is CCNC(=NCC(O)c1ccc(Cl)cc1)NCCCOCc1ccco1.I. The highest BCUT2D eigenvalue weighted by Gasteiger charge is 2.07. The van der Waals surface area contributed by atoms with Gasteiger partial charge in [0.25, 0.3) is 0 Å². The highest BCUT2D eigenvalue weighted by Crippen LogP contribution is 2.16. The predicted molar refractivity (Wildman–Crippen MR) is 119 cm³/mol. The molecule has 150 valence electrons. The topological polar surface area (TPSA) is 79.0 Å². The molecule has 1 aromatic heterocycles. The van der Waals surface area contributed by atoms with E-state index in [1.165, 1.54) is 0 Å². The molecule has 0 fully saturated rings. The molecule has 0 aliphatic carbocycles. The monoisotopic (exact) mass is 507 g/mol. The molecule has 1 heterocycles. The van der Waals surface area contributed by atoms with Crippen molar-refractivity contribution in [2.24, 2.45) is 4.99 Å². The van der Waals surface area contributed by atoms with E-state index in [2.05, 4.69) is 15.6 Å². The summed E-state index contributed by atoms with van der Waals surface area (Å²) in [4.78, 5) is 4.43. The number of nitrogens with zero attached hydrogens (tertiary/aromatic N) is 1. The van der Waals surface area contributed by atoms with E-state index in [-0.39, 0.29) is 30.5 Å². The number of halogens is 2. The van der Waals surface area contributed by atoms with Gasteiger partial charge in [-0.1, -0.05) is 23.7 Å². The van der Waals surface area contributed by atoms with E-state index >= 15 is 0 Å². The number of aliphatic hydroxyl groups is 1. The quantitative estimate of drug-likeness (QED) is 0.198. The van der Waals surface area contributed by atoms with E-state index in [1.54, 1.807) is 30.5 Å². The molecular formula is C19H27ClIN3O3. The smallest absolute Gasteiger partial charge is 0.191 e. The molecule has 27 heavy (non-hydrogen) atoms. The van der Waals surface area contributed by atoms with Crippen LogP contribution in [-0.4, -0.2) is 37.3 Å². The molecule has 0 saturated carbocycles. The average molecular weight is 508 g/mol. The number of aliphatic hydroxyl groups excluding tert-OH is 1. The first-order chi connectivity index (χ1) is 12.7. The van der Waals surface area contributed by atoms with Crippen molar-refractivity contribution >= 4 is 41.5 Å². The van der Waals surface area contributed by atoms with Crippen LogP contribution in [0.25, 0.3) is 0 Å². The molecule has 1 atom stereocenters. The Morgan fingerprint density at radius 2 is 2.04 bits per heavy atom. The van der Waals surface area contributed by atoms with Gasteiger partial charge in [-0.05, 0) is 43.2 Å². The molecule has 0 bridgehead atoms. The van der Waals surface area contributed by atoms with Gasteiger partial charge in [0.05, 0.1) is 18.9 Å². The normalized spacial score (nSPS) is 12.3. The molecule has 8 heteroatoms. The third-order valence-corrected chi connectivity index (χ3v) is 3.86. The molecule has 3 N–H and O–H groups in total. The number of hydrogen-bond donors (Lipinski definition) is 3. The van der Waals surface area contributed by atoms with Crippen LogP contribution in [0.1, 0.15) is 30.8 Å². The summed E-state index contributed by atoms with van der Waals surface area (Å²) in [5, 5.41) is 17.3. The Morgan fingerprint density at radius 1 is 1.26 bits per heavy atom. The van der Waals surface area contributed by atoms with Crippen LogP contribution < -0.4 is 10.6 Å². The zero-order chi connectivity index (χ0) is 18.6. The molecule has 2 aromatic rings. The van der Waals surface area contributed by atoms with Crippen molar-refractivity contribution in [3.63, 3.8) is 0 Å². The first-order valence-corrected chi connectivity index (χ1v) is 9.12. The van der Waals surface area contributed by atoms with Gasteiger partial charge in [-0.2, -0.15) is 0 Å². The van der Waals surface area contributed by atoms with Crippen molar-refractivity contribution in [1.29, 1.82) is 0 Å². The van der Waals surface area contributed by atoms with Crippen LogP contribution in [0.4, 0.5) is 0 Å². The summed E-state index contributed by atoms with van der Waals surface area (Å²) < 4.78 is 10.7. The zero-order valence-electron chi connectivity index (χ0n) is 15.4. The summed E-state index contributed by atoms with van der Waals surface area (Å²) in [6, 6.07) is 10.9. The summed E-state index contributed by atoms with van der Waals surface area (Å²) in [5.74, 6) is 1.50. The van der Waals surface area contributed by atoms with Crippen molar-refractivity contribution < 1.29 is 14.3 Å². The Hall–Kier alpha value is -1.29. The van der Waals surface area contributed by atoms with Crippen molar-refractivity contribution in [3.8, 4) is 0 Å². The van der Waals surface area contributed by atoms with E-state index in [4.69, 9.17) is 20.8 Å².